The molecule has 1 N–H and O–H groups in total. The van der Waals surface area contributed by atoms with Crippen molar-refractivity contribution in [2.45, 2.75) is 20.3 Å². The minimum absolute atomic E-state index is 0.248. The standard InChI is InChI=1S/C27H30IN3O6S/c1-3-11-37-25-21(28)14-18(15-22(25)36-4-2)16-23-26(33)31(27(34)38-23)17-24(32)29-19-5-7-20(8-6-19)30-9-12-35-13-10-30/h5-8,14-16H,3-4,9-13,17H2,1-2H3,(H,29,32)/b23-16-. The molecule has 2 fully saturated rings. The van der Waals surface area contributed by atoms with Crippen molar-refractivity contribution in [1.29, 1.82) is 0 Å². The summed E-state index contributed by atoms with van der Waals surface area (Å²) in [6, 6.07) is 11.1. The smallest absolute Gasteiger partial charge is 0.294 e. The van der Waals surface area contributed by atoms with Crippen LogP contribution in [0, 0.1) is 3.57 Å². The van der Waals surface area contributed by atoms with Crippen LogP contribution in [0.15, 0.2) is 41.3 Å². The number of nitrogens with one attached hydrogen (secondary N) is 1. The molecule has 2 aromatic rings. The first-order valence-electron chi connectivity index (χ1n) is 12.5. The van der Waals surface area contributed by atoms with Crippen LogP contribution in [0.4, 0.5) is 16.2 Å². The maximum absolute atomic E-state index is 13.0. The largest absolute Gasteiger partial charge is 0.490 e. The number of thioether (sulfide) groups is 1. The molecular formula is C27H30IN3O6S. The number of ether oxygens (including phenoxy) is 3. The van der Waals surface area contributed by atoms with Gasteiger partial charge in [-0.1, -0.05) is 6.92 Å². The van der Waals surface area contributed by atoms with E-state index in [9.17, 15) is 14.4 Å². The summed E-state index contributed by atoms with van der Waals surface area (Å²) in [5, 5.41) is 2.28. The van der Waals surface area contributed by atoms with Crippen LogP contribution in [0.3, 0.4) is 0 Å². The minimum Gasteiger partial charge on any atom is -0.490 e. The van der Waals surface area contributed by atoms with Crippen molar-refractivity contribution in [3.8, 4) is 11.5 Å². The lowest BCUT2D eigenvalue weighted by molar-refractivity contribution is -0.127. The highest BCUT2D eigenvalue weighted by atomic mass is 127. The first kappa shape index (κ1) is 28.2. The second kappa shape index (κ2) is 13.3. The van der Waals surface area contributed by atoms with Crippen molar-refractivity contribution in [3.63, 3.8) is 0 Å². The van der Waals surface area contributed by atoms with Gasteiger partial charge in [0.2, 0.25) is 5.91 Å². The Morgan fingerprint density at radius 3 is 2.55 bits per heavy atom. The van der Waals surface area contributed by atoms with E-state index in [1.165, 1.54) is 0 Å². The summed E-state index contributed by atoms with van der Waals surface area (Å²) < 4.78 is 17.8. The van der Waals surface area contributed by atoms with Crippen LogP contribution in [0.2, 0.25) is 0 Å². The number of benzene rings is 2. The second-order valence-corrected chi connectivity index (χ2v) is 10.7. The van der Waals surface area contributed by atoms with Gasteiger partial charge in [-0.3, -0.25) is 19.3 Å². The SMILES string of the molecule is CCCOc1c(I)cc(/C=C2\SC(=O)N(CC(=O)Nc3ccc(N4CCOCC4)cc3)C2=O)cc1OCC. The highest BCUT2D eigenvalue weighted by Crippen LogP contribution is 2.37. The van der Waals surface area contributed by atoms with Gasteiger partial charge >= 0.3 is 0 Å². The van der Waals surface area contributed by atoms with E-state index in [1.54, 1.807) is 12.1 Å². The van der Waals surface area contributed by atoms with E-state index in [4.69, 9.17) is 14.2 Å². The number of carbonyl (C=O) groups excluding carboxylic acids is 3. The molecule has 2 saturated heterocycles. The molecule has 0 aliphatic carbocycles. The monoisotopic (exact) mass is 651 g/mol. The Morgan fingerprint density at radius 1 is 1.13 bits per heavy atom. The number of carbonyl (C=O) groups is 3. The number of imide groups is 1. The van der Waals surface area contributed by atoms with Crippen LogP contribution in [-0.4, -0.2) is 68.0 Å². The van der Waals surface area contributed by atoms with E-state index < -0.39 is 17.1 Å². The molecule has 0 saturated carbocycles. The van der Waals surface area contributed by atoms with Crippen molar-refractivity contribution < 1.29 is 28.6 Å². The number of nitrogens with zero attached hydrogens (tertiary/aromatic N) is 2. The molecule has 2 heterocycles. The number of hydrogen-bond acceptors (Lipinski definition) is 8. The van der Waals surface area contributed by atoms with Gasteiger partial charge in [-0.2, -0.15) is 0 Å². The van der Waals surface area contributed by atoms with E-state index in [-0.39, 0.29) is 11.4 Å². The van der Waals surface area contributed by atoms with Crippen LogP contribution in [0.5, 0.6) is 11.5 Å². The molecule has 3 amide bonds. The number of halogens is 1. The first-order chi connectivity index (χ1) is 18.4. The van der Waals surface area contributed by atoms with Gasteiger partial charge in [0.25, 0.3) is 11.1 Å². The quantitative estimate of drug-likeness (QED) is 0.284. The Hall–Kier alpha value is -2.77. The summed E-state index contributed by atoms with van der Waals surface area (Å²) in [7, 11) is 0. The molecule has 0 unspecified atom stereocenters. The zero-order valence-corrected chi connectivity index (χ0v) is 24.3. The predicted octanol–water partition coefficient (Wildman–Crippen LogP) is 4.99. The zero-order valence-electron chi connectivity index (χ0n) is 21.3. The van der Waals surface area contributed by atoms with Crippen LogP contribution in [0.1, 0.15) is 25.8 Å². The third kappa shape index (κ3) is 7.00. The van der Waals surface area contributed by atoms with Gasteiger partial charge in [-0.15, -0.1) is 0 Å². The molecule has 11 heteroatoms. The van der Waals surface area contributed by atoms with Crippen LogP contribution >= 0.6 is 34.4 Å². The van der Waals surface area contributed by atoms with E-state index in [0.717, 1.165) is 45.4 Å². The number of rotatable bonds is 10. The number of amides is 3. The third-order valence-corrected chi connectivity index (χ3v) is 7.49. The van der Waals surface area contributed by atoms with Gasteiger partial charge in [0.1, 0.15) is 6.54 Å². The summed E-state index contributed by atoms with van der Waals surface area (Å²) in [6.07, 6.45) is 2.51. The number of anilines is 2. The van der Waals surface area contributed by atoms with Crippen LogP contribution < -0.4 is 19.7 Å². The Balaban J connectivity index is 1.41. The third-order valence-electron chi connectivity index (χ3n) is 5.78. The van der Waals surface area contributed by atoms with Crippen molar-refractivity contribution in [2.24, 2.45) is 0 Å². The van der Waals surface area contributed by atoms with Crippen molar-refractivity contribution in [1.82, 2.24) is 4.90 Å². The Morgan fingerprint density at radius 2 is 1.87 bits per heavy atom. The van der Waals surface area contributed by atoms with Crippen molar-refractivity contribution >= 4 is 68.9 Å². The highest BCUT2D eigenvalue weighted by Gasteiger charge is 2.36. The molecule has 2 aliphatic rings. The minimum atomic E-state index is -0.503. The molecule has 202 valence electrons. The molecule has 0 radical (unpaired) electrons. The molecule has 0 spiro atoms. The lowest BCUT2D eigenvalue weighted by Crippen LogP contribution is -2.36. The summed E-state index contributed by atoms with van der Waals surface area (Å²) in [6.45, 7) is 7.60. The lowest BCUT2D eigenvalue weighted by atomic mass is 10.2. The molecule has 0 atom stereocenters. The Kier molecular flexibility index (Phi) is 9.91. The molecule has 2 aliphatic heterocycles. The molecule has 0 aromatic heterocycles. The molecule has 38 heavy (non-hydrogen) atoms. The predicted molar refractivity (Wildman–Crippen MR) is 157 cm³/mol. The topological polar surface area (TPSA) is 97.4 Å². The molecule has 4 rings (SSSR count). The normalized spacial score (nSPS) is 16.8. The summed E-state index contributed by atoms with van der Waals surface area (Å²) in [5.74, 6) is 0.293. The highest BCUT2D eigenvalue weighted by molar-refractivity contribution is 14.1. The Bertz CT molecular complexity index is 1210. The summed E-state index contributed by atoms with van der Waals surface area (Å²) in [4.78, 5) is 41.7. The summed E-state index contributed by atoms with van der Waals surface area (Å²) in [5.41, 5.74) is 2.35. The first-order valence-corrected chi connectivity index (χ1v) is 14.4. The van der Waals surface area contributed by atoms with Crippen LogP contribution in [-0.2, 0) is 14.3 Å². The fourth-order valence-electron chi connectivity index (χ4n) is 3.99. The van der Waals surface area contributed by atoms with Gasteiger partial charge in [-0.25, -0.2) is 0 Å². The van der Waals surface area contributed by atoms with E-state index in [0.29, 0.717) is 49.2 Å². The van der Waals surface area contributed by atoms with Gasteiger partial charge < -0.3 is 24.4 Å². The average Bonchev–Trinajstić information content (AvgIpc) is 3.16. The maximum atomic E-state index is 13.0. The van der Waals surface area contributed by atoms with Gasteiger partial charge in [0.05, 0.1) is 34.9 Å². The van der Waals surface area contributed by atoms with Gasteiger partial charge in [0.15, 0.2) is 11.5 Å². The van der Waals surface area contributed by atoms with E-state index in [2.05, 4.69) is 32.8 Å². The number of hydrogen-bond donors (Lipinski definition) is 1. The maximum Gasteiger partial charge on any atom is 0.294 e. The van der Waals surface area contributed by atoms with E-state index >= 15 is 0 Å². The molecule has 0 bridgehead atoms. The zero-order chi connectivity index (χ0) is 27.1. The van der Waals surface area contributed by atoms with Crippen molar-refractivity contribution in [2.75, 3.05) is 56.3 Å². The molecule has 9 nitrogen and oxygen atoms in total. The summed E-state index contributed by atoms with van der Waals surface area (Å²) >= 11 is 2.98. The fraction of sp³-hybridized carbons (Fsp3) is 0.370. The fourth-order valence-corrected chi connectivity index (χ4v) is 5.61. The number of morpholine rings is 1. The van der Waals surface area contributed by atoms with Gasteiger partial charge in [0, 0.05) is 24.5 Å². The Labute approximate surface area is 240 Å². The van der Waals surface area contributed by atoms with Crippen molar-refractivity contribution in [3.05, 3.63) is 50.4 Å². The van der Waals surface area contributed by atoms with Gasteiger partial charge in [-0.05, 0) is 95.7 Å². The lowest BCUT2D eigenvalue weighted by Gasteiger charge is -2.28. The molecule has 2 aromatic carbocycles. The molecular weight excluding hydrogens is 621 g/mol. The van der Waals surface area contributed by atoms with E-state index in [1.807, 2.05) is 44.2 Å². The average molecular weight is 652 g/mol. The van der Waals surface area contributed by atoms with Crippen LogP contribution in [0.25, 0.3) is 6.08 Å². The second-order valence-electron chi connectivity index (χ2n) is 8.57.